The number of hydrogen-bond acceptors (Lipinski definition) is 3. The second kappa shape index (κ2) is 8.93. The lowest BCUT2D eigenvalue weighted by molar-refractivity contribution is -0.116. The number of carbonyl (C=O) groups is 1. The minimum Gasteiger partial charge on any atom is -0.326 e. The van der Waals surface area contributed by atoms with Gasteiger partial charge >= 0.3 is 0 Å². The molecule has 0 saturated heterocycles. The Hall–Kier alpha value is -1.22. The molecule has 0 bridgehead atoms. The molecule has 2 rings (SSSR count). The van der Waals surface area contributed by atoms with Crippen LogP contribution in [-0.4, -0.2) is 20.9 Å². The Morgan fingerprint density at radius 3 is 2.40 bits per heavy atom. The van der Waals surface area contributed by atoms with Crippen molar-refractivity contribution >= 4 is 53.5 Å². The molecule has 2 N–H and O–H groups in total. The van der Waals surface area contributed by atoms with Crippen molar-refractivity contribution in [3.8, 4) is 0 Å². The second-order valence-electron chi connectivity index (χ2n) is 5.32. The first-order valence-electron chi connectivity index (χ1n) is 7.65. The lowest BCUT2D eigenvalue weighted by atomic mass is 10.1. The predicted octanol–water partition coefficient (Wildman–Crippen LogP) is 4.08. The van der Waals surface area contributed by atoms with E-state index in [1.165, 1.54) is 11.6 Å². The molecule has 0 fully saturated rings. The predicted molar refractivity (Wildman–Crippen MR) is 106 cm³/mol. The summed E-state index contributed by atoms with van der Waals surface area (Å²) in [7, 11) is -3.70. The van der Waals surface area contributed by atoms with Gasteiger partial charge in [-0.15, -0.1) is 0 Å². The molecule has 0 radical (unpaired) electrons. The van der Waals surface area contributed by atoms with Crippen LogP contribution in [0.3, 0.4) is 0 Å². The number of rotatable bonds is 7. The fourth-order valence-corrected chi connectivity index (χ4v) is 4.64. The Labute approximate surface area is 164 Å². The van der Waals surface area contributed by atoms with Crippen LogP contribution in [0, 0.1) is 0 Å². The maximum Gasteiger partial charge on any atom is 0.241 e. The average molecular weight is 490 g/mol. The van der Waals surface area contributed by atoms with Gasteiger partial charge in [0.15, 0.2) is 0 Å². The van der Waals surface area contributed by atoms with E-state index in [1.54, 1.807) is 12.1 Å². The molecule has 8 heteroatoms. The van der Waals surface area contributed by atoms with Gasteiger partial charge in [0.1, 0.15) is 0 Å². The number of anilines is 1. The third-order valence-corrected chi connectivity index (χ3v) is 6.42. The van der Waals surface area contributed by atoms with Crippen molar-refractivity contribution in [2.45, 2.75) is 24.7 Å². The van der Waals surface area contributed by atoms with Crippen molar-refractivity contribution in [2.75, 3.05) is 11.9 Å². The number of hydrogen-bond donors (Lipinski definition) is 2. The van der Waals surface area contributed by atoms with Gasteiger partial charge in [0.05, 0.1) is 4.90 Å². The summed E-state index contributed by atoms with van der Waals surface area (Å²) in [5, 5.41) is 2.75. The summed E-state index contributed by atoms with van der Waals surface area (Å²) in [6, 6.07) is 12.4. The van der Waals surface area contributed by atoms with Crippen molar-refractivity contribution in [3.63, 3.8) is 0 Å². The summed E-state index contributed by atoms with van der Waals surface area (Å²) in [5.41, 5.74) is 1.88. The number of aryl methyl sites for hydroxylation is 1. The maximum absolute atomic E-state index is 12.3. The number of carbonyl (C=O) groups excluding carboxylic acids is 1. The van der Waals surface area contributed by atoms with Crippen molar-refractivity contribution in [3.05, 3.63) is 57.0 Å². The Morgan fingerprint density at radius 1 is 1.08 bits per heavy atom. The average Bonchev–Trinajstić information content (AvgIpc) is 2.57. The fourth-order valence-electron chi connectivity index (χ4n) is 2.11. The summed E-state index contributed by atoms with van der Waals surface area (Å²) in [5.74, 6) is -0.250. The van der Waals surface area contributed by atoms with Gasteiger partial charge in [0.25, 0.3) is 0 Å². The van der Waals surface area contributed by atoms with Crippen molar-refractivity contribution in [1.29, 1.82) is 0 Å². The van der Waals surface area contributed by atoms with Crippen LogP contribution >= 0.6 is 31.9 Å². The van der Waals surface area contributed by atoms with Gasteiger partial charge in [-0.3, -0.25) is 4.79 Å². The zero-order chi connectivity index (χ0) is 18.4. The first kappa shape index (κ1) is 20.1. The van der Waals surface area contributed by atoms with Gasteiger partial charge in [-0.25, -0.2) is 13.1 Å². The molecule has 1 amide bonds. The summed E-state index contributed by atoms with van der Waals surface area (Å²) in [6.45, 7) is 2.07. The van der Waals surface area contributed by atoms with Crippen LogP contribution in [0.15, 0.2) is 56.3 Å². The smallest absolute Gasteiger partial charge is 0.241 e. The maximum atomic E-state index is 12.3. The summed E-state index contributed by atoms with van der Waals surface area (Å²) in [4.78, 5) is 12.1. The van der Waals surface area contributed by atoms with E-state index in [0.29, 0.717) is 14.6 Å². The van der Waals surface area contributed by atoms with E-state index < -0.39 is 10.0 Å². The van der Waals surface area contributed by atoms with Crippen molar-refractivity contribution in [1.82, 2.24) is 4.72 Å². The number of sulfonamides is 1. The number of nitrogens with one attached hydrogen (secondary N) is 2. The van der Waals surface area contributed by atoms with Gasteiger partial charge in [-0.05, 0) is 58.2 Å². The van der Waals surface area contributed by atoms with Crippen LogP contribution in [0.2, 0.25) is 0 Å². The van der Waals surface area contributed by atoms with E-state index in [2.05, 4.69) is 48.8 Å². The number of amides is 1. The highest BCUT2D eigenvalue weighted by molar-refractivity contribution is 9.11. The van der Waals surface area contributed by atoms with Crippen LogP contribution in [0.25, 0.3) is 0 Å². The molecule has 134 valence electrons. The number of halogens is 2. The largest absolute Gasteiger partial charge is 0.326 e. The minimum absolute atomic E-state index is 0.0141. The zero-order valence-corrected chi connectivity index (χ0v) is 17.5. The van der Waals surface area contributed by atoms with Crippen LogP contribution in [0.5, 0.6) is 0 Å². The highest BCUT2D eigenvalue weighted by atomic mass is 79.9. The first-order valence-corrected chi connectivity index (χ1v) is 10.7. The molecule has 0 aromatic heterocycles. The molecule has 25 heavy (non-hydrogen) atoms. The third kappa shape index (κ3) is 5.91. The Balaban J connectivity index is 1.90. The van der Waals surface area contributed by atoms with E-state index in [9.17, 15) is 13.2 Å². The van der Waals surface area contributed by atoms with Gasteiger partial charge in [-0.2, -0.15) is 0 Å². The van der Waals surface area contributed by atoms with Crippen LogP contribution in [0.4, 0.5) is 5.69 Å². The van der Waals surface area contributed by atoms with Gasteiger partial charge in [0, 0.05) is 27.6 Å². The molecule has 0 spiro atoms. The van der Waals surface area contributed by atoms with E-state index in [1.807, 2.05) is 24.3 Å². The minimum atomic E-state index is -3.70. The molecule has 0 atom stereocenters. The van der Waals surface area contributed by atoms with Crippen LogP contribution < -0.4 is 10.0 Å². The topological polar surface area (TPSA) is 75.3 Å². The third-order valence-electron chi connectivity index (χ3n) is 3.47. The first-order chi connectivity index (χ1) is 11.8. The molecule has 0 aliphatic carbocycles. The molecular weight excluding hydrogens is 472 g/mol. The Morgan fingerprint density at radius 2 is 1.76 bits per heavy atom. The van der Waals surface area contributed by atoms with Crippen LogP contribution in [-0.2, 0) is 21.2 Å². The monoisotopic (exact) mass is 488 g/mol. The Kier molecular flexibility index (Phi) is 7.18. The zero-order valence-electron chi connectivity index (χ0n) is 13.6. The highest BCUT2D eigenvalue weighted by Gasteiger charge is 2.18. The SMILES string of the molecule is CCc1ccc(NC(=O)CCNS(=O)(=O)c2cc(Br)ccc2Br)cc1. The van der Waals surface area contributed by atoms with E-state index >= 15 is 0 Å². The fraction of sp³-hybridized carbons (Fsp3) is 0.235. The van der Waals surface area contributed by atoms with Gasteiger partial charge < -0.3 is 5.32 Å². The molecule has 2 aromatic carbocycles. The highest BCUT2D eigenvalue weighted by Crippen LogP contribution is 2.25. The van der Waals surface area contributed by atoms with Gasteiger partial charge in [-0.1, -0.05) is 35.0 Å². The molecule has 0 unspecified atom stereocenters. The summed E-state index contributed by atoms with van der Waals surface area (Å²) < 4.78 is 28.2. The van der Waals surface area contributed by atoms with E-state index in [0.717, 1.165) is 6.42 Å². The molecule has 2 aromatic rings. The Bertz CT molecular complexity index is 853. The molecular formula is C17H18Br2N2O3S. The second-order valence-corrected chi connectivity index (χ2v) is 8.83. The standard InChI is InChI=1S/C17H18Br2N2O3S/c1-2-12-3-6-14(7-4-12)21-17(22)9-10-20-25(23,24)16-11-13(18)5-8-15(16)19/h3-8,11,20H,2,9-10H2,1H3,(H,21,22). The van der Waals surface area contributed by atoms with E-state index in [4.69, 9.17) is 0 Å². The van der Waals surface area contributed by atoms with E-state index in [-0.39, 0.29) is 23.8 Å². The molecule has 0 heterocycles. The number of benzene rings is 2. The molecule has 0 aliphatic heterocycles. The lowest BCUT2D eigenvalue weighted by Crippen LogP contribution is -2.28. The normalized spacial score (nSPS) is 11.3. The van der Waals surface area contributed by atoms with Crippen molar-refractivity contribution in [2.24, 2.45) is 0 Å². The molecule has 0 aliphatic rings. The molecule has 5 nitrogen and oxygen atoms in total. The summed E-state index contributed by atoms with van der Waals surface area (Å²) in [6.07, 6.45) is 0.974. The lowest BCUT2D eigenvalue weighted by Gasteiger charge is -2.09. The van der Waals surface area contributed by atoms with Crippen LogP contribution in [0.1, 0.15) is 18.9 Å². The summed E-state index contributed by atoms with van der Waals surface area (Å²) >= 11 is 6.47. The molecule has 0 saturated carbocycles. The van der Waals surface area contributed by atoms with Crippen molar-refractivity contribution < 1.29 is 13.2 Å². The van der Waals surface area contributed by atoms with Gasteiger partial charge in [0.2, 0.25) is 15.9 Å². The quantitative estimate of drug-likeness (QED) is 0.615.